The van der Waals surface area contributed by atoms with Crippen molar-refractivity contribution in [3.05, 3.63) is 35.9 Å². The molecule has 0 unspecified atom stereocenters. The maximum Gasteiger partial charge on any atom is 0.410 e. The molecule has 1 aromatic carbocycles. The number of likely N-dealkylation sites (N-methyl/N-ethyl adjacent to an activating group) is 1. The number of benzene rings is 1. The minimum absolute atomic E-state index is 0.322. The lowest BCUT2D eigenvalue weighted by atomic mass is 10.2. The summed E-state index contributed by atoms with van der Waals surface area (Å²) >= 11 is 0. The summed E-state index contributed by atoms with van der Waals surface area (Å²) in [5.41, 5.74) is 0.676. The second-order valence-corrected chi connectivity index (χ2v) is 6.85. The topological polar surface area (TPSA) is 57.2 Å². The van der Waals surface area contributed by atoms with Gasteiger partial charge in [-0.2, -0.15) is 0 Å². The van der Waals surface area contributed by atoms with E-state index in [2.05, 4.69) is 10.3 Å². The normalized spacial score (nSPS) is 11.8. The predicted molar refractivity (Wildman–Crippen MR) is 98.1 cm³/mol. The Kier molecular flexibility index (Phi) is 7.55. The van der Waals surface area contributed by atoms with Crippen molar-refractivity contribution >= 4 is 12.1 Å². The molecule has 0 atom stereocenters. The van der Waals surface area contributed by atoms with Gasteiger partial charge in [0.2, 0.25) is 0 Å². The summed E-state index contributed by atoms with van der Waals surface area (Å²) in [4.78, 5) is 20.0. The summed E-state index contributed by atoms with van der Waals surface area (Å²) in [6.07, 6.45) is -0.322. The van der Waals surface area contributed by atoms with Crippen LogP contribution in [0.3, 0.4) is 0 Å². The number of amides is 1. The highest BCUT2D eigenvalue weighted by atomic mass is 16.6. The van der Waals surface area contributed by atoms with Gasteiger partial charge in [0.05, 0.1) is 6.54 Å². The van der Waals surface area contributed by atoms with Crippen LogP contribution in [0.5, 0.6) is 0 Å². The first-order chi connectivity index (χ1) is 11.2. The molecule has 0 aliphatic heterocycles. The number of rotatable bonds is 5. The molecule has 0 spiro atoms. The van der Waals surface area contributed by atoms with E-state index in [9.17, 15) is 4.79 Å². The van der Waals surface area contributed by atoms with Crippen LogP contribution in [0.2, 0.25) is 0 Å². The van der Waals surface area contributed by atoms with E-state index in [-0.39, 0.29) is 6.09 Å². The van der Waals surface area contributed by atoms with Crippen LogP contribution in [0.15, 0.2) is 35.3 Å². The largest absolute Gasteiger partial charge is 0.444 e. The van der Waals surface area contributed by atoms with E-state index in [0.717, 1.165) is 11.5 Å². The number of guanidine groups is 1. The lowest BCUT2D eigenvalue weighted by Gasteiger charge is -2.25. The van der Waals surface area contributed by atoms with E-state index < -0.39 is 5.60 Å². The molecule has 0 fully saturated rings. The van der Waals surface area contributed by atoms with Crippen molar-refractivity contribution in [2.45, 2.75) is 32.9 Å². The molecule has 1 amide bonds. The van der Waals surface area contributed by atoms with Crippen molar-refractivity contribution in [1.82, 2.24) is 15.1 Å². The number of ether oxygens (including phenoxy) is 1. The van der Waals surface area contributed by atoms with Gasteiger partial charge in [0.25, 0.3) is 0 Å². The SMILES string of the molecule is CN(C)C(=NCc1ccccc1)NCCN(C)C(=O)OC(C)(C)C. The Hall–Kier alpha value is -2.24. The summed E-state index contributed by atoms with van der Waals surface area (Å²) in [7, 11) is 5.61. The molecule has 1 rings (SSSR count). The molecule has 134 valence electrons. The van der Waals surface area contributed by atoms with Crippen LogP contribution in [0.25, 0.3) is 0 Å². The van der Waals surface area contributed by atoms with Crippen molar-refractivity contribution < 1.29 is 9.53 Å². The molecule has 24 heavy (non-hydrogen) atoms. The van der Waals surface area contributed by atoms with Gasteiger partial charge in [-0.25, -0.2) is 9.79 Å². The van der Waals surface area contributed by atoms with Gasteiger partial charge in [-0.15, -0.1) is 0 Å². The van der Waals surface area contributed by atoms with Crippen molar-refractivity contribution in [3.8, 4) is 0 Å². The summed E-state index contributed by atoms with van der Waals surface area (Å²) in [6, 6.07) is 10.1. The van der Waals surface area contributed by atoms with Gasteiger partial charge < -0.3 is 19.9 Å². The fourth-order valence-corrected chi connectivity index (χ4v) is 1.87. The Morgan fingerprint density at radius 2 is 1.79 bits per heavy atom. The number of nitrogens with zero attached hydrogens (tertiary/aromatic N) is 3. The average molecular weight is 334 g/mol. The van der Waals surface area contributed by atoms with Gasteiger partial charge in [0.15, 0.2) is 5.96 Å². The van der Waals surface area contributed by atoms with Gasteiger partial charge in [-0.1, -0.05) is 30.3 Å². The molecule has 0 aromatic heterocycles. The van der Waals surface area contributed by atoms with Gasteiger partial charge in [-0.05, 0) is 26.3 Å². The fraction of sp³-hybridized carbons (Fsp3) is 0.556. The summed E-state index contributed by atoms with van der Waals surface area (Å²) in [6.45, 7) is 7.32. The zero-order valence-corrected chi connectivity index (χ0v) is 15.7. The van der Waals surface area contributed by atoms with E-state index in [1.54, 1.807) is 11.9 Å². The van der Waals surface area contributed by atoms with Crippen LogP contribution < -0.4 is 5.32 Å². The molecular weight excluding hydrogens is 304 g/mol. The van der Waals surface area contributed by atoms with Crippen LogP contribution in [0.4, 0.5) is 4.79 Å². The van der Waals surface area contributed by atoms with Crippen molar-refractivity contribution in [2.24, 2.45) is 4.99 Å². The monoisotopic (exact) mass is 334 g/mol. The highest BCUT2D eigenvalue weighted by Gasteiger charge is 2.19. The second-order valence-electron chi connectivity index (χ2n) is 6.85. The molecule has 0 heterocycles. The predicted octanol–water partition coefficient (Wildman–Crippen LogP) is 2.56. The van der Waals surface area contributed by atoms with Crippen LogP contribution in [0, 0.1) is 0 Å². The Morgan fingerprint density at radius 3 is 2.33 bits per heavy atom. The number of aliphatic imine (C=N–C) groups is 1. The number of carbonyl (C=O) groups excluding carboxylic acids is 1. The molecule has 6 heteroatoms. The number of nitrogens with one attached hydrogen (secondary N) is 1. The summed E-state index contributed by atoms with van der Waals surface area (Å²) in [5, 5.41) is 3.26. The summed E-state index contributed by atoms with van der Waals surface area (Å²) in [5.74, 6) is 0.788. The molecule has 6 nitrogen and oxygen atoms in total. The first-order valence-corrected chi connectivity index (χ1v) is 8.13. The van der Waals surface area contributed by atoms with Crippen molar-refractivity contribution in [1.29, 1.82) is 0 Å². The number of hydrogen-bond donors (Lipinski definition) is 1. The van der Waals surface area contributed by atoms with Crippen molar-refractivity contribution in [2.75, 3.05) is 34.2 Å². The van der Waals surface area contributed by atoms with E-state index in [4.69, 9.17) is 4.74 Å². The molecule has 0 radical (unpaired) electrons. The van der Waals surface area contributed by atoms with Crippen LogP contribution in [0.1, 0.15) is 26.3 Å². The lowest BCUT2D eigenvalue weighted by molar-refractivity contribution is 0.0302. The van der Waals surface area contributed by atoms with Gasteiger partial charge in [0.1, 0.15) is 5.60 Å². The quantitative estimate of drug-likeness (QED) is 0.664. The van der Waals surface area contributed by atoms with Gasteiger partial charge >= 0.3 is 6.09 Å². The fourth-order valence-electron chi connectivity index (χ4n) is 1.87. The van der Waals surface area contributed by atoms with E-state index in [1.165, 1.54) is 0 Å². The highest BCUT2D eigenvalue weighted by molar-refractivity contribution is 5.79. The third-order valence-corrected chi connectivity index (χ3v) is 3.11. The molecule has 0 saturated carbocycles. The van der Waals surface area contributed by atoms with Crippen molar-refractivity contribution in [3.63, 3.8) is 0 Å². The molecule has 1 N–H and O–H groups in total. The minimum atomic E-state index is -0.481. The van der Waals surface area contributed by atoms with Crippen LogP contribution >= 0.6 is 0 Å². The van der Waals surface area contributed by atoms with E-state index >= 15 is 0 Å². The Morgan fingerprint density at radius 1 is 1.17 bits per heavy atom. The number of hydrogen-bond acceptors (Lipinski definition) is 3. The molecule has 0 bridgehead atoms. The van der Waals surface area contributed by atoms with Crippen LogP contribution in [-0.4, -0.2) is 61.7 Å². The Bertz CT molecular complexity index is 536. The first kappa shape index (κ1) is 19.8. The van der Waals surface area contributed by atoms with E-state index in [0.29, 0.717) is 19.6 Å². The zero-order chi connectivity index (χ0) is 18.2. The molecule has 0 saturated heterocycles. The second kappa shape index (κ2) is 9.15. The highest BCUT2D eigenvalue weighted by Crippen LogP contribution is 2.08. The molecule has 0 aliphatic carbocycles. The molecule has 0 aliphatic rings. The number of carbonyl (C=O) groups is 1. The standard InChI is InChI=1S/C18H30N4O2/c1-18(2,3)24-17(23)22(6)13-12-19-16(21(4)5)20-14-15-10-8-7-9-11-15/h7-11H,12-14H2,1-6H3,(H,19,20). The third-order valence-electron chi connectivity index (χ3n) is 3.11. The third kappa shape index (κ3) is 7.85. The molecular formula is C18H30N4O2. The maximum absolute atomic E-state index is 11.9. The van der Waals surface area contributed by atoms with Gasteiger partial charge in [0, 0.05) is 34.2 Å². The minimum Gasteiger partial charge on any atom is -0.444 e. The smallest absolute Gasteiger partial charge is 0.410 e. The Balaban J connectivity index is 2.48. The maximum atomic E-state index is 11.9. The van der Waals surface area contributed by atoms with Gasteiger partial charge in [-0.3, -0.25) is 0 Å². The first-order valence-electron chi connectivity index (χ1n) is 8.13. The summed E-state index contributed by atoms with van der Waals surface area (Å²) < 4.78 is 5.33. The Labute approximate surface area is 145 Å². The molecule has 1 aromatic rings. The zero-order valence-electron chi connectivity index (χ0n) is 15.7. The average Bonchev–Trinajstić information content (AvgIpc) is 2.49. The van der Waals surface area contributed by atoms with E-state index in [1.807, 2.05) is 70.1 Å². The lowest BCUT2D eigenvalue weighted by Crippen LogP contribution is -2.42. The van der Waals surface area contributed by atoms with Crippen LogP contribution in [-0.2, 0) is 11.3 Å².